The first-order chi connectivity index (χ1) is 15.0. The minimum Gasteiger partial charge on any atom is -0.465 e. The summed E-state index contributed by atoms with van der Waals surface area (Å²) in [6.45, 7) is 2.36. The van der Waals surface area contributed by atoms with Crippen LogP contribution in [-0.2, 0) is 9.53 Å². The molecule has 1 N–H and O–H groups in total. The van der Waals surface area contributed by atoms with Crippen molar-refractivity contribution in [3.05, 3.63) is 65.5 Å². The van der Waals surface area contributed by atoms with Crippen LogP contribution in [0.5, 0.6) is 0 Å². The highest BCUT2D eigenvalue weighted by Gasteiger charge is 2.29. The Morgan fingerprint density at radius 2 is 2.10 bits per heavy atom. The minimum atomic E-state index is -0.523. The van der Waals surface area contributed by atoms with Crippen LogP contribution in [0.25, 0.3) is 5.52 Å². The first kappa shape index (κ1) is 20.8. The Morgan fingerprint density at radius 3 is 2.90 bits per heavy atom. The van der Waals surface area contributed by atoms with Crippen molar-refractivity contribution in [1.29, 1.82) is 0 Å². The van der Waals surface area contributed by atoms with Crippen LogP contribution in [-0.4, -0.2) is 41.2 Å². The smallest absolute Gasteiger partial charge is 0.325 e. The summed E-state index contributed by atoms with van der Waals surface area (Å²) < 4.78 is 34.5. The number of carbonyl (C=O) groups is 2. The number of rotatable bonds is 6. The van der Waals surface area contributed by atoms with Gasteiger partial charge in [0.2, 0.25) is 0 Å². The van der Waals surface area contributed by atoms with Gasteiger partial charge in [0.25, 0.3) is 5.91 Å². The van der Waals surface area contributed by atoms with Crippen molar-refractivity contribution in [2.45, 2.75) is 25.8 Å². The average molecular weight is 428 g/mol. The maximum atomic E-state index is 14.4. The van der Waals surface area contributed by atoms with E-state index in [1.165, 1.54) is 12.3 Å². The van der Waals surface area contributed by atoms with Crippen LogP contribution in [0.15, 0.2) is 42.7 Å². The molecule has 31 heavy (non-hydrogen) atoms. The number of carbonyl (C=O) groups excluding carboxylic acids is 2. The van der Waals surface area contributed by atoms with E-state index in [0.29, 0.717) is 29.6 Å². The Kier molecular flexibility index (Phi) is 5.83. The first-order valence-corrected chi connectivity index (χ1v) is 10.1. The molecule has 3 aromatic rings. The van der Waals surface area contributed by atoms with Crippen molar-refractivity contribution in [1.82, 2.24) is 14.9 Å². The highest BCUT2D eigenvalue weighted by atomic mass is 19.1. The van der Waals surface area contributed by atoms with Crippen molar-refractivity contribution in [3.63, 3.8) is 0 Å². The molecule has 2 aromatic heterocycles. The van der Waals surface area contributed by atoms with E-state index >= 15 is 0 Å². The van der Waals surface area contributed by atoms with Gasteiger partial charge in [-0.15, -0.1) is 0 Å². The second kappa shape index (κ2) is 8.71. The summed E-state index contributed by atoms with van der Waals surface area (Å²) in [5.41, 5.74) is 1.94. The highest BCUT2D eigenvalue weighted by molar-refractivity contribution is 6.02. The summed E-state index contributed by atoms with van der Waals surface area (Å²) in [6.07, 6.45) is 4.66. The fourth-order valence-corrected chi connectivity index (χ4v) is 3.95. The number of ether oxygens (including phenoxy) is 1. The van der Waals surface area contributed by atoms with Gasteiger partial charge in [0.1, 0.15) is 18.2 Å². The standard InChI is InChI=1S/C22H22F2N4O3/c1-2-31-21(29)13-25-22(30)17-12-26-28-9-7-15(11-20(17)28)27-8-3-4-19(27)16-10-14(23)5-6-18(16)24/h5-7,9-12,19H,2-4,8,13H2,1H3,(H,25,30). The van der Waals surface area contributed by atoms with Gasteiger partial charge in [0.15, 0.2) is 0 Å². The third kappa shape index (κ3) is 4.21. The molecule has 1 unspecified atom stereocenters. The number of fused-ring (bicyclic) bond motifs is 1. The second-order valence-electron chi connectivity index (χ2n) is 7.28. The summed E-state index contributed by atoms with van der Waals surface area (Å²) in [6, 6.07) is 6.81. The van der Waals surface area contributed by atoms with E-state index in [-0.39, 0.29) is 19.2 Å². The van der Waals surface area contributed by atoms with Gasteiger partial charge in [-0.25, -0.2) is 13.3 Å². The normalized spacial score (nSPS) is 16.0. The predicted molar refractivity (Wildman–Crippen MR) is 110 cm³/mol. The van der Waals surface area contributed by atoms with E-state index < -0.39 is 23.5 Å². The van der Waals surface area contributed by atoms with E-state index in [2.05, 4.69) is 10.4 Å². The Hall–Kier alpha value is -3.49. The van der Waals surface area contributed by atoms with Gasteiger partial charge >= 0.3 is 5.97 Å². The molecule has 0 bridgehead atoms. The third-order valence-electron chi connectivity index (χ3n) is 5.35. The number of anilines is 1. The fourth-order valence-electron chi connectivity index (χ4n) is 3.95. The molecule has 1 aromatic carbocycles. The van der Waals surface area contributed by atoms with Crippen molar-refractivity contribution < 1.29 is 23.1 Å². The van der Waals surface area contributed by atoms with Gasteiger partial charge in [-0.3, -0.25) is 9.59 Å². The van der Waals surface area contributed by atoms with Gasteiger partial charge in [-0.05, 0) is 50.1 Å². The molecule has 4 rings (SSSR count). The van der Waals surface area contributed by atoms with Crippen molar-refractivity contribution in [2.24, 2.45) is 0 Å². The molecule has 7 nitrogen and oxygen atoms in total. The minimum absolute atomic E-state index is 0.234. The number of hydrogen-bond donors (Lipinski definition) is 1. The lowest BCUT2D eigenvalue weighted by Crippen LogP contribution is -2.30. The van der Waals surface area contributed by atoms with E-state index in [4.69, 9.17) is 4.74 Å². The Balaban J connectivity index is 1.61. The molecule has 0 spiro atoms. The molecule has 1 amide bonds. The molecule has 1 aliphatic heterocycles. The van der Waals surface area contributed by atoms with Crippen LogP contribution in [0.2, 0.25) is 0 Å². The zero-order valence-electron chi connectivity index (χ0n) is 17.0. The number of hydrogen-bond acceptors (Lipinski definition) is 5. The lowest BCUT2D eigenvalue weighted by molar-refractivity contribution is -0.141. The van der Waals surface area contributed by atoms with Crippen LogP contribution in [0.3, 0.4) is 0 Å². The first-order valence-electron chi connectivity index (χ1n) is 10.1. The lowest BCUT2D eigenvalue weighted by Gasteiger charge is -2.27. The van der Waals surface area contributed by atoms with Gasteiger partial charge in [0, 0.05) is 24.0 Å². The molecule has 1 atom stereocenters. The van der Waals surface area contributed by atoms with Gasteiger partial charge in [-0.2, -0.15) is 5.10 Å². The van der Waals surface area contributed by atoms with E-state index in [1.807, 2.05) is 11.0 Å². The Bertz CT molecular complexity index is 1130. The Morgan fingerprint density at radius 1 is 1.26 bits per heavy atom. The molecule has 1 aliphatic rings. The van der Waals surface area contributed by atoms with Crippen molar-refractivity contribution >= 4 is 23.1 Å². The van der Waals surface area contributed by atoms with E-state index in [0.717, 1.165) is 24.2 Å². The number of amides is 1. The van der Waals surface area contributed by atoms with Crippen LogP contribution >= 0.6 is 0 Å². The van der Waals surface area contributed by atoms with Gasteiger partial charge in [-0.1, -0.05) is 0 Å². The summed E-state index contributed by atoms with van der Waals surface area (Å²) in [5.74, 6) is -1.89. The number of halogens is 2. The largest absolute Gasteiger partial charge is 0.465 e. The average Bonchev–Trinajstić information content (AvgIpc) is 3.40. The number of pyridine rings is 1. The molecular weight excluding hydrogens is 406 g/mol. The third-order valence-corrected chi connectivity index (χ3v) is 5.35. The van der Waals surface area contributed by atoms with Crippen LogP contribution < -0.4 is 10.2 Å². The summed E-state index contributed by atoms with van der Waals surface area (Å²) in [5, 5.41) is 6.71. The number of nitrogens with one attached hydrogen (secondary N) is 1. The lowest BCUT2D eigenvalue weighted by atomic mass is 10.0. The summed E-state index contributed by atoms with van der Waals surface area (Å²) in [7, 11) is 0. The maximum Gasteiger partial charge on any atom is 0.325 e. The molecule has 162 valence electrons. The van der Waals surface area contributed by atoms with Crippen LogP contribution in [0, 0.1) is 11.6 Å². The number of nitrogens with zero attached hydrogens (tertiary/aromatic N) is 3. The SMILES string of the molecule is CCOC(=O)CNC(=O)c1cnn2ccc(N3CCCC3c3cc(F)ccc3F)cc12. The quantitative estimate of drug-likeness (QED) is 0.610. The Labute approximate surface area is 177 Å². The molecule has 9 heteroatoms. The van der Waals surface area contributed by atoms with Crippen molar-refractivity contribution in [2.75, 3.05) is 24.6 Å². The zero-order chi connectivity index (χ0) is 22.0. The van der Waals surface area contributed by atoms with Crippen molar-refractivity contribution in [3.8, 4) is 0 Å². The second-order valence-corrected chi connectivity index (χ2v) is 7.28. The molecule has 3 heterocycles. The molecule has 0 saturated carbocycles. The predicted octanol–water partition coefficient (Wildman–Crippen LogP) is 3.25. The summed E-state index contributed by atoms with van der Waals surface area (Å²) in [4.78, 5) is 26.1. The maximum absolute atomic E-state index is 14.4. The highest BCUT2D eigenvalue weighted by Crippen LogP contribution is 2.38. The fraction of sp³-hybridized carbons (Fsp3) is 0.318. The van der Waals surface area contributed by atoms with E-state index in [9.17, 15) is 18.4 Å². The van der Waals surface area contributed by atoms with Crippen LogP contribution in [0.4, 0.5) is 14.5 Å². The number of aromatic nitrogens is 2. The van der Waals surface area contributed by atoms with Gasteiger partial charge < -0.3 is 15.0 Å². The molecule has 0 aliphatic carbocycles. The molecular formula is C22H22F2N4O3. The van der Waals surface area contributed by atoms with Crippen LogP contribution in [0.1, 0.15) is 41.7 Å². The molecule has 1 fully saturated rings. The number of benzene rings is 1. The number of esters is 1. The summed E-state index contributed by atoms with van der Waals surface area (Å²) >= 11 is 0. The molecule has 1 saturated heterocycles. The van der Waals surface area contributed by atoms with E-state index in [1.54, 1.807) is 23.7 Å². The van der Waals surface area contributed by atoms with Gasteiger partial charge in [0.05, 0.1) is 29.9 Å². The zero-order valence-corrected chi connectivity index (χ0v) is 17.0. The molecule has 0 radical (unpaired) electrons. The monoisotopic (exact) mass is 428 g/mol. The topological polar surface area (TPSA) is 75.9 Å².